The smallest absolute Gasteiger partial charge is 0.228 e. The molecule has 5 aliphatic rings. The first-order chi connectivity index (χ1) is 14.1. The number of benzene rings is 1. The van der Waals surface area contributed by atoms with Gasteiger partial charge in [0.25, 0.3) is 0 Å². The number of fused-ring (bicyclic) bond motifs is 1. The molecule has 1 amide bonds. The molecule has 1 aromatic carbocycles. The summed E-state index contributed by atoms with van der Waals surface area (Å²) in [6, 6.07) is 10.3. The second kappa shape index (κ2) is 6.53. The molecule has 2 heterocycles. The number of hydrogen-bond donors (Lipinski definition) is 1. The van der Waals surface area contributed by atoms with Crippen LogP contribution in [0.1, 0.15) is 44.1 Å². The van der Waals surface area contributed by atoms with Crippen molar-refractivity contribution in [2.75, 3.05) is 13.1 Å². The molecular formula is C25H30N2O2. The van der Waals surface area contributed by atoms with E-state index in [0.29, 0.717) is 19.0 Å². The number of likely N-dealkylation sites (tertiary alicyclic amines) is 1. The van der Waals surface area contributed by atoms with Crippen LogP contribution in [-0.4, -0.2) is 40.1 Å². The van der Waals surface area contributed by atoms with Crippen molar-refractivity contribution < 1.29 is 9.90 Å². The van der Waals surface area contributed by atoms with Crippen LogP contribution in [0.25, 0.3) is 10.9 Å². The highest BCUT2D eigenvalue weighted by molar-refractivity contribution is 5.84. The number of rotatable bonds is 3. The molecule has 4 bridgehead atoms. The maximum absolute atomic E-state index is 13.7. The fourth-order valence-electron chi connectivity index (χ4n) is 7.54. The molecule has 1 aliphatic heterocycles. The van der Waals surface area contributed by atoms with E-state index >= 15 is 0 Å². The second-order valence-corrected chi connectivity index (χ2v) is 10.4. The zero-order chi connectivity index (χ0) is 19.6. The van der Waals surface area contributed by atoms with Gasteiger partial charge < -0.3 is 10.0 Å². The molecule has 152 valence electrons. The highest BCUT2D eigenvalue weighted by Crippen LogP contribution is 2.60. The Morgan fingerprint density at radius 3 is 2.45 bits per heavy atom. The first-order valence-corrected chi connectivity index (χ1v) is 11.4. The Kier molecular flexibility index (Phi) is 4.03. The molecule has 4 nitrogen and oxygen atoms in total. The second-order valence-electron chi connectivity index (χ2n) is 10.4. The molecule has 0 unspecified atom stereocenters. The third-order valence-corrected chi connectivity index (χ3v) is 8.41. The van der Waals surface area contributed by atoms with Gasteiger partial charge in [0.15, 0.2) is 0 Å². The van der Waals surface area contributed by atoms with Gasteiger partial charge in [0.05, 0.1) is 17.0 Å². The van der Waals surface area contributed by atoms with Gasteiger partial charge in [-0.25, -0.2) is 0 Å². The van der Waals surface area contributed by atoms with Gasteiger partial charge in [0.2, 0.25) is 5.91 Å². The minimum absolute atomic E-state index is 0.104. The van der Waals surface area contributed by atoms with E-state index in [-0.39, 0.29) is 11.3 Å². The van der Waals surface area contributed by atoms with Crippen LogP contribution < -0.4 is 0 Å². The molecular weight excluding hydrogens is 360 g/mol. The van der Waals surface area contributed by atoms with Crippen LogP contribution in [0, 0.1) is 29.1 Å². The number of pyridine rings is 1. The van der Waals surface area contributed by atoms with Gasteiger partial charge in [-0.1, -0.05) is 18.2 Å². The van der Waals surface area contributed by atoms with Crippen molar-refractivity contribution in [3.05, 3.63) is 42.1 Å². The number of β-amino-alcohol motifs (C(OH)–C–C–N with tert-alkyl or cyclic N) is 1. The quantitative estimate of drug-likeness (QED) is 0.867. The van der Waals surface area contributed by atoms with Crippen molar-refractivity contribution in [1.82, 2.24) is 9.88 Å². The number of nitrogens with zero attached hydrogens (tertiary/aromatic N) is 2. The Labute approximate surface area is 172 Å². The van der Waals surface area contributed by atoms with Crippen LogP contribution in [0.15, 0.2) is 36.5 Å². The van der Waals surface area contributed by atoms with Crippen LogP contribution in [0.2, 0.25) is 0 Å². The lowest BCUT2D eigenvalue weighted by Crippen LogP contribution is -2.54. The molecule has 2 aromatic rings. The average Bonchev–Trinajstić information content (AvgIpc) is 3.07. The number of carbonyl (C=O) groups is 1. The highest BCUT2D eigenvalue weighted by atomic mass is 16.3. The number of aliphatic hydroxyl groups excluding tert-OH is 1. The number of amides is 1. The van der Waals surface area contributed by atoms with Crippen molar-refractivity contribution >= 4 is 16.8 Å². The van der Waals surface area contributed by atoms with Crippen molar-refractivity contribution in [3.8, 4) is 0 Å². The Hall–Kier alpha value is -1.94. The van der Waals surface area contributed by atoms with Gasteiger partial charge in [-0.05, 0) is 80.4 Å². The summed E-state index contributed by atoms with van der Waals surface area (Å²) in [7, 11) is 0. The van der Waals surface area contributed by atoms with Crippen LogP contribution in [0.4, 0.5) is 0 Å². The number of aromatic nitrogens is 1. The third kappa shape index (κ3) is 2.91. The topological polar surface area (TPSA) is 53.4 Å². The Bertz CT molecular complexity index is 914. The van der Waals surface area contributed by atoms with Crippen LogP contribution >= 0.6 is 0 Å². The Morgan fingerprint density at radius 1 is 1.03 bits per heavy atom. The monoisotopic (exact) mass is 390 g/mol. The molecule has 4 heteroatoms. The van der Waals surface area contributed by atoms with Crippen LogP contribution in [0.5, 0.6) is 0 Å². The molecule has 7 rings (SSSR count). The van der Waals surface area contributed by atoms with E-state index in [0.717, 1.165) is 54.3 Å². The molecule has 29 heavy (non-hydrogen) atoms. The molecule has 1 aromatic heterocycles. The predicted molar refractivity (Wildman–Crippen MR) is 112 cm³/mol. The molecule has 2 atom stereocenters. The van der Waals surface area contributed by atoms with E-state index in [1.54, 1.807) is 0 Å². The first kappa shape index (κ1) is 17.9. The summed E-state index contributed by atoms with van der Waals surface area (Å²) in [5, 5.41) is 12.0. The summed E-state index contributed by atoms with van der Waals surface area (Å²) in [5.74, 6) is 2.79. The third-order valence-electron chi connectivity index (χ3n) is 8.41. The standard InChI is InChI=1S/C25H30N2O2/c28-23-15-27(24(29)25-11-16-7-17(12-25)9-18(8-16)13-25)14-20(23)10-19-5-6-26-22-4-2-1-3-21(19)22/h1-6,16-18,20,23,28H,7-15H2/t16?,17?,18?,20-,23-,25?/m1/s1. The molecule has 1 N–H and O–H groups in total. The van der Waals surface area contributed by atoms with Crippen molar-refractivity contribution in [1.29, 1.82) is 0 Å². The summed E-state index contributed by atoms with van der Waals surface area (Å²) in [4.78, 5) is 20.1. The van der Waals surface area contributed by atoms with Gasteiger partial charge >= 0.3 is 0 Å². The van der Waals surface area contributed by atoms with E-state index in [1.165, 1.54) is 24.8 Å². The van der Waals surface area contributed by atoms with Crippen LogP contribution in [0.3, 0.4) is 0 Å². The minimum atomic E-state index is -0.431. The number of carbonyl (C=O) groups excluding carboxylic acids is 1. The summed E-state index contributed by atoms with van der Waals surface area (Å²) < 4.78 is 0. The van der Waals surface area contributed by atoms with Crippen molar-refractivity contribution in [2.24, 2.45) is 29.1 Å². The largest absolute Gasteiger partial charge is 0.391 e. The van der Waals surface area contributed by atoms with Gasteiger partial charge in [-0.3, -0.25) is 9.78 Å². The van der Waals surface area contributed by atoms with Gasteiger partial charge in [-0.15, -0.1) is 0 Å². The average molecular weight is 391 g/mol. The summed E-state index contributed by atoms with van der Waals surface area (Å²) in [6.07, 6.45) is 9.59. The lowest BCUT2D eigenvalue weighted by Gasteiger charge is -2.56. The van der Waals surface area contributed by atoms with Gasteiger partial charge in [0, 0.05) is 30.6 Å². The van der Waals surface area contributed by atoms with E-state index in [1.807, 2.05) is 29.3 Å². The zero-order valence-corrected chi connectivity index (χ0v) is 17.0. The summed E-state index contributed by atoms with van der Waals surface area (Å²) in [5.41, 5.74) is 2.12. The predicted octanol–water partition coefficient (Wildman–Crippen LogP) is 3.81. The van der Waals surface area contributed by atoms with E-state index in [9.17, 15) is 9.90 Å². The number of aliphatic hydroxyl groups is 1. The molecule has 0 radical (unpaired) electrons. The van der Waals surface area contributed by atoms with E-state index in [4.69, 9.17) is 0 Å². The van der Waals surface area contributed by atoms with E-state index in [2.05, 4.69) is 17.1 Å². The molecule has 0 spiro atoms. The molecule has 4 saturated carbocycles. The first-order valence-electron chi connectivity index (χ1n) is 11.4. The van der Waals surface area contributed by atoms with Crippen LogP contribution in [-0.2, 0) is 11.2 Å². The normalized spacial score (nSPS) is 38.1. The summed E-state index contributed by atoms with van der Waals surface area (Å²) >= 11 is 0. The number of para-hydroxylation sites is 1. The minimum Gasteiger partial charge on any atom is -0.391 e. The molecule has 1 saturated heterocycles. The lowest BCUT2D eigenvalue weighted by molar-refractivity contribution is -0.157. The van der Waals surface area contributed by atoms with Crippen molar-refractivity contribution in [3.63, 3.8) is 0 Å². The Balaban J connectivity index is 1.21. The maximum Gasteiger partial charge on any atom is 0.228 e. The highest BCUT2D eigenvalue weighted by Gasteiger charge is 2.56. The summed E-state index contributed by atoms with van der Waals surface area (Å²) in [6.45, 7) is 1.20. The lowest BCUT2D eigenvalue weighted by atomic mass is 9.49. The van der Waals surface area contributed by atoms with Gasteiger partial charge in [-0.2, -0.15) is 0 Å². The SMILES string of the molecule is O=C(N1C[C@@H](Cc2ccnc3ccccc23)[C@H](O)C1)C12CC3CC(CC(C3)C1)C2. The fourth-order valence-corrected chi connectivity index (χ4v) is 7.54. The van der Waals surface area contributed by atoms with Gasteiger partial charge in [0.1, 0.15) is 0 Å². The Morgan fingerprint density at radius 2 is 1.72 bits per heavy atom. The van der Waals surface area contributed by atoms with E-state index < -0.39 is 6.10 Å². The molecule has 4 aliphatic carbocycles. The van der Waals surface area contributed by atoms with Crippen molar-refractivity contribution in [2.45, 2.75) is 51.0 Å². The molecule has 5 fully saturated rings. The zero-order valence-electron chi connectivity index (χ0n) is 17.0. The number of hydrogen-bond acceptors (Lipinski definition) is 3. The maximum atomic E-state index is 13.7. The fraction of sp³-hybridized carbons (Fsp3) is 0.600.